The van der Waals surface area contributed by atoms with E-state index in [0.29, 0.717) is 0 Å². The van der Waals surface area contributed by atoms with E-state index in [-0.39, 0.29) is 10.8 Å². The van der Waals surface area contributed by atoms with Crippen LogP contribution in [0.3, 0.4) is 0 Å². The molecule has 0 aliphatic rings. The van der Waals surface area contributed by atoms with Crippen LogP contribution in [0.15, 0.2) is 0 Å². The molecule has 0 atom stereocenters. The van der Waals surface area contributed by atoms with Crippen LogP contribution < -0.4 is 0 Å². The summed E-state index contributed by atoms with van der Waals surface area (Å²) >= 11 is 0. The van der Waals surface area contributed by atoms with Gasteiger partial charge in [0.25, 0.3) is 0 Å². The fraction of sp³-hybridized carbons (Fsp3) is 1.00. The van der Waals surface area contributed by atoms with E-state index in [2.05, 4.69) is 0 Å². The van der Waals surface area contributed by atoms with E-state index in [4.69, 9.17) is 0 Å². The normalized spacial score (nSPS) is 16.5. The molecule has 0 fully saturated rings. The van der Waals surface area contributed by atoms with Crippen LogP contribution in [0.5, 0.6) is 0 Å². The first kappa shape index (κ1) is 13.3. The van der Waals surface area contributed by atoms with Crippen LogP contribution in [0.2, 0.25) is 0 Å². The third-order valence-corrected chi connectivity index (χ3v) is 4.63. The third kappa shape index (κ3) is 3.90. The molecule has 0 saturated heterocycles. The van der Waals surface area contributed by atoms with Gasteiger partial charge in [-0.05, 0) is 0 Å². The quantitative estimate of drug-likeness (QED) is 0.579. The van der Waals surface area contributed by atoms with Gasteiger partial charge in [-0.15, -0.1) is 0 Å². The Morgan fingerprint density at radius 2 is 1.00 bits per heavy atom. The minimum absolute atomic E-state index is 0.303. The van der Waals surface area contributed by atoms with Gasteiger partial charge in [0, 0.05) is 0 Å². The summed E-state index contributed by atoms with van der Waals surface area (Å²) in [6, 6.07) is 0. The molecule has 82 valence electrons. The van der Waals surface area contributed by atoms with Crippen LogP contribution in [-0.4, -0.2) is 20.3 Å². The van der Waals surface area contributed by atoms with Crippen LogP contribution in [-0.2, 0) is 0 Å². The second kappa shape index (κ2) is 3.47. The molecule has 0 radical (unpaired) electrons. The van der Waals surface area contributed by atoms with Gasteiger partial charge < -0.3 is 0 Å². The maximum absolute atomic E-state index is 9.40. The van der Waals surface area contributed by atoms with Gasteiger partial charge in [-0.25, -0.2) is 0 Å². The number of hydrogen-bond donors (Lipinski definition) is 3. The van der Waals surface area contributed by atoms with Crippen LogP contribution in [0.25, 0.3) is 0 Å². The molecule has 0 bridgehead atoms. The summed E-state index contributed by atoms with van der Waals surface area (Å²) in [5, 5.41) is 0. The van der Waals surface area contributed by atoms with Gasteiger partial charge in [-0.3, -0.25) is 0 Å². The van der Waals surface area contributed by atoms with Gasteiger partial charge in [0.1, 0.15) is 0 Å². The first-order chi connectivity index (χ1) is 5.37. The molecule has 13 heavy (non-hydrogen) atoms. The molecule has 0 unspecified atom stereocenters. The number of rotatable bonds is 1. The average Bonchev–Trinajstić information content (AvgIpc) is 1.44. The molecule has 0 aromatic rings. The Bertz CT molecular complexity index is 137. The first-order valence-corrected chi connectivity index (χ1v) is 6.46. The van der Waals surface area contributed by atoms with Crippen molar-refractivity contribution in [1.82, 2.24) is 0 Å². The minimum atomic E-state index is -4.06. The van der Waals surface area contributed by atoms with Crippen LogP contribution in [0.4, 0.5) is 0 Å². The molecular weight excluding hydrogens is 187 g/mol. The molecule has 0 rings (SSSR count). The SMILES string of the molecule is CC(C)(C)C(C(C)(C)C)[PH](O)(O)O. The van der Waals surface area contributed by atoms with Crippen molar-refractivity contribution in [3.05, 3.63) is 0 Å². The van der Waals surface area contributed by atoms with Gasteiger partial charge in [-0.2, -0.15) is 0 Å². The second-order valence-corrected chi connectivity index (χ2v) is 7.80. The molecule has 0 heterocycles. The van der Waals surface area contributed by atoms with E-state index in [0.717, 1.165) is 0 Å². The predicted molar refractivity (Wildman–Crippen MR) is 57.7 cm³/mol. The van der Waals surface area contributed by atoms with Crippen molar-refractivity contribution in [3.8, 4) is 0 Å². The molecular formula is C9H23O3P. The average molecular weight is 210 g/mol. The van der Waals surface area contributed by atoms with Crippen molar-refractivity contribution < 1.29 is 14.7 Å². The van der Waals surface area contributed by atoms with Crippen molar-refractivity contribution in [2.24, 2.45) is 10.8 Å². The Hall–Kier alpha value is 0.310. The molecule has 0 spiro atoms. The summed E-state index contributed by atoms with van der Waals surface area (Å²) < 4.78 is 0. The predicted octanol–water partition coefficient (Wildman–Crippen LogP) is 1.92. The van der Waals surface area contributed by atoms with E-state index < -0.39 is 13.6 Å². The molecule has 0 saturated carbocycles. The Morgan fingerprint density at radius 1 is 0.769 bits per heavy atom. The molecule has 0 aromatic carbocycles. The summed E-state index contributed by atoms with van der Waals surface area (Å²) in [6.07, 6.45) is 0. The maximum atomic E-state index is 9.40. The number of hydrogen-bond acceptors (Lipinski definition) is 3. The van der Waals surface area contributed by atoms with Crippen molar-refractivity contribution >= 4 is 7.94 Å². The molecule has 0 amide bonds. The van der Waals surface area contributed by atoms with Gasteiger partial charge >= 0.3 is 80.7 Å². The van der Waals surface area contributed by atoms with Crippen LogP contribution >= 0.6 is 7.94 Å². The molecule has 0 aliphatic heterocycles. The monoisotopic (exact) mass is 210 g/mol. The van der Waals surface area contributed by atoms with Crippen molar-refractivity contribution in [2.45, 2.75) is 47.2 Å². The molecule has 0 aromatic heterocycles. The van der Waals surface area contributed by atoms with Crippen molar-refractivity contribution in [2.75, 3.05) is 0 Å². The fourth-order valence-corrected chi connectivity index (χ4v) is 4.78. The Kier molecular flexibility index (Phi) is 3.55. The Balaban J connectivity index is 5.02. The van der Waals surface area contributed by atoms with Gasteiger partial charge in [0.05, 0.1) is 0 Å². The van der Waals surface area contributed by atoms with Crippen molar-refractivity contribution in [3.63, 3.8) is 0 Å². The zero-order valence-electron chi connectivity index (χ0n) is 9.42. The zero-order valence-corrected chi connectivity index (χ0v) is 10.4. The molecule has 3 N–H and O–H groups in total. The van der Waals surface area contributed by atoms with E-state index >= 15 is 0 Å². The van der Waals surface area contributed by atoms with E-state index in [9.17, 15) is 14.7 Å². The topological polar surface area (TPSA) is 60.7 Å². The van der Waals surface area contributed by atoms with E-state index in [1.54, 1.807) is 0 Å². The Labute approximate surface area is 81.4 Å². The summed E-state index contributed by atoms with van der Waals surface area (Å²) in [6.45, 7) is 11.5. The zero-order chi connectivity index (χ0) is 11.1. The first-order valence-electron chi connectivity index (χ1n) is 4.54. The molecule has 0 aliphatic carbocycles. The standard InChI is InChI=1S/C9H23O3P/c1-8(2,3)7(9(4,5)6)13(10,11)12/h7,10-13H,1-6H3. The Morgan fingerprint density at radius 3 is 1.00 bits per heavy atom. The van der Waals surface area contributed by atoms with Crippen molar-refractivity contribution in [1.29, 1.82) is 0 Å². The summed E-state index contributed by atoms with van der Waals surface area (Å²) in [5.41, 5.74) is -1.07. The summed E-state index contributed by atoms with van der Waals surface area (Å²) in [4.78, 5) is 28.2. The van der Waals surface area contributed by atoms with Crippen LogP contribution in [0, 0.1) is 10.8 Å². The summed E-state index contributed by atoms with van der Waals surface area (Å²) in [7, 11) is -4.06. The van der Waals surface area contributed by atoms with E-state index in [1.807, 2.05) is 41.5 Å². The fourth-order valence-electron chi connectivity index (χ4n) is 2.46. The van der Waals surface area contributed by atoms with Gasteiger partial charge in [0.2, 0.25) is 0 Å². The molecule has 4 heteroatoms. The van der Waals surface area contributed by atoms with Crippen LogP contribution in [0.1, 0.15) is 41.5 Å². The summed E-state index contributed by atoms with van der Waals surface area (Å²) in [5.74, 6) is 0. The van der Waals surface area contributed by atoms with Gasteiger partial charge in [-0.1, -0.05) is 0 Å². The molecule has 3 nitrogen and oxygen atoms in total. The third-order valence-electron chi connectivity index (χ3n) is 2.12. The van der Waals surface area contributed by atoms with E-state index in [1.165, 1.54) is 0 Å². The van der Waals surface area contributed by atoms with Gasteiger partial charge in [0.15, 0.2) is 0 Å². The second-order valence-electron chi connectivity index (χ2n) is 5.85.